The molecule has 2 saturated heterocycles. The Morgan fingerprint density at radius 3 is 2.11 bits per heavy atom. The number of alkyl halides is 9. The molecule has 3 heterocycles. The molecule has 0 unspecified atom stereocenters. The van der Waals surface area contributed by atoms with Gasteiger partial charge in [-0.3, -0.25) is 4.79 Å². The number of thiophene rings is 1. The first-order valence-electron chi connectivity index (χ1n) is 11.0. The van der Waals surface area contributed by atoms with Gasteiger partial charge >= 0.3 is 24.6 Å². The molecule has 2 fully saturated rings. The van der Waals surface area contributed by atoms with Crippen LogP contribution in [0.5, 0.6) is 0 Å². The topological polar surface area (TPSA) is 49.9 Å². The molecule has 4 rings (SSSR count). The Morgan fingerprint density at radius 2 is 1.54 bits per heavy atom. The number of carbonyl (C=O) groups is 2. The van der Waals surface area contributed by atoms with Crippen molar-refractivity contribution in [3.05, 3.63) is 34.7 Å². The van der Waals surface area contributed by atoms with Crippen molar-refractivity contribution in [1.82, 2.24) is 9.80 Å². The number of rotatable bonds is 2. The number of halogens is 9. The highest BCUT2D eigenvalue weighted by Crippen LogP contribution is 2.43. The van der Waals surface area contributed by atoms with E-state index in [4.69, 9.17) is 0 Å². The van der Waals surface area contributed by atoms with E-state index in [9.17, 15) is 49.1 Å². The Kier molecular flexibility index (Phi) is 6.82. The van der Waals surface area contributed by atoms with Gasteiger partial charge in [0.05, 0.1) is 10.4 Å². The van der Waals surface area contributed by atoms with Crippen LogP contribution in [0.15, 0.2) is 24.3 Å². The van der Waals surface area contributed by atoms with Crippen molar-refractivity contribution in [3.63, 3.8) is 0 Å². The van der Waals surface area contributed by atoms with E-state index in [0.717, 1.165) is 11.0 Å². The van der Waals surface area contributed by atoms with E-state index in [1.165, 1.54) is 23.1 Å². The molecule has 15 heteroatoms. The number of fused-ring (bicyclic) bond motifs is 1. The van der Waals surface area contributed by atoms with Crippen LogP contribution in [0.4, 0.5) is 44.3 Å². The molecule has 0 N–H and O–H groups in total. The molecule has 0 saturated carbocycles. The van der Waals surface area contributed by atoms with Gasteiger partial charge in [0.2, 0.25) is 0 Å². The van der Waals surface area contributed by atoms with Crippen molar-refractivity contribution in [2.24, 2.45) is 0 Å². The van der Waals surface area contributed by atoms with E-state index < -0.39 is 47.7 Å². The van der Waals surface area contributed by atoms with Crippen LogP contribution < -0.4 is 0 Å². The zero-order valence-electron chi connectivity index (χ0n) is 18.8. The number of hydrogen-bond acceptors (Lipinski definition) is 4. The van der Waals surface area contributed by atoms with E-state index in [1.54, 1.807) is 0 Å². The summed E-state index contributed by atoms with van der Waals surface area (Å²) in [6.07, 6.45) is -21.2. The summed E-state index contributed by atoms with van der Waals surface area (Å²) in [4.78, 5) is 27.7. The second-order valence-corrected chi connectivity index (χ2v) is 10.0. The molecule has 0 aliphatic carbocycles. The fourth-order valence-electron chi connectivity index (χ4n) is 4.90. The van der Waals surface area contributed by atoms with Crippen LogP contribution >= 0.6 is 11.3 Å². The maximum absolute atomic E-state index is 13.4. The molecule has 1 spiro atoms. The number of amides is 2. The summed E-state index contributed by atoms with van der Waals surface area (Å²) in [7, 11) is 0. The molecule has 5 nitrogen and oxygen atoms in total. The van der Waals surface area contributed by atoms with Gasteiger partial charge in [0.25, 0.3) is 12.0 Å². The van der Waals surface area contributed by atoms with E-state index in [-0.39, 0.29) is 47.4 Å². The van der Waals surface area contributed by atoms with Crippen LogP contribution in [0.3, 0.4) is 0 Å². The third-order valence-electron chi connectivity index (χ3n) is 6.67. The third kappa shape index (κ3) is 5.32. The summed E-state index contributed by atoms with van der Waals surface area (Å²) in [5, 5.41) is 0.248. The van der Waals surface area contributed by atoms with Crippen LogP contribution in [0, 0.1) is 0 Å². The maximum atomic E-state index is 13.4. The van der Waals surface area contributed by atoms with E-state index in [1.807, 2.05) is 0 Å². The molecule has 0 bridgehead atoms. The predicted molar refractivity (Wildman–Crippen MR) is 113 cm³/mol. The van der Waals surface area contributed by atoms with Crippen LogP contribution in [0.2, 0.25) is 0 Å². The van der Waals surface area contributed by atoms with Crippen molar-refractivity contribution in [2.45, 2.75) is 55.9 Å². The Labute approximate surface area is 207 Å². The number of carbonyl (C=O) groups excluding carboxylic acids is 2. The second-order valence-electron chi connectivity index (χ2n) is 8.95. The van der Waals surface area contributed by atoms with Crippen molar-refractivity contribution in [3.8, 4) is 0 Å². The van der Waals surface area contributed by atoms with Gasteiger partial charge in [-0.2, -0.15) is 39.5 Å². The minimum Gasteiger partial charge on any atom is -0.426 e. The molecule has 1 aromatic heterocycles. The van der Waals surface area contributed by atoms with Gasteiger partial charge in [0.1, 0.15) is 0 Å². The zero-order chi connectivity index (χ0) is 27.4. The summed E-state index contributed by atoms with van der Waals surface area (Å²) < 4.78 is 120. The van der Waals surface area contributed by atoms with Crippen molar-refractivity contribution in [1.29, 1.82) is 0 Å². The van der Waals surface area contributed by atoms with Crippen LogP contribution in [-0.4, -0.2) is 65.4 Å². The fourth-order valence-corrected chi connectivity index (χ4v) is 6.04. The van der Waals surface area contributed by atoms with Gasteiger partial charge in [-0.05, 0) is 43.2 Å². The molecule has 37 heavy (non-hydrogen) atoms. The third-order valence-corrected chi connectivity index (χ3v) is 7.84. The van der Waals surface area contributed by atoms with Crippen molar-refractivity contribution >= 4 is 33.4 Å². The number of likely N-dealkylation sites (tertiary alicyclic amines) is 2. The summed E-state index contributed by atoms with van der Waals surface area (Å²) in [6, 6.07) is 4.98. The van der Waals surface area contributed by atoms with Crippen LogP contribution in [-0.2, 0) is 10.9 Å². The molecular weight excluding hydrogens is 543 g/mol. The highest BCUT2D eigenvalue weighted by molar-refractivity contribution is 7.21. The average Bonchev–Trinajstić information content (AvgIpc) is 3.39. The summed E-state index contributed by atoms with van der Waals surface area (Å²) in [5.41, 5.74) is -1.70. The van der Waals surface area contributed by atoms with Gasteiger partial charge in [0, 0.05) is 29.9 Å². The van der Waals surface area contributed by atoms with Gasteiger partial charge in [-0.15, -0.1) is 11.3 Å². The van der Waals surface area contributed by atoms with E-state index in [0.29, 0.717) is 24.2 Å². The molecule has 0 radical (unpaired) electrons. The zero-order valence-corrected chi connectivity index (χ0v) is 19.6. The maximum Gasteiger partial charge on any atom is 0.434 e. The van der Waals surface area contributed by atoms with Gasteiger partial charge in [-0.25, -0.2) is 4.79 Å². The SMILES string of the molecule is O=C(OC(C(F)(F)F)C(F)(F)F)N1CCC2(CCCN2C(=O)c2cc3cccc(C(F)(F)F)c3s2)CC1. The Bertz CT molecular complexity index is 1170. The molecule has 2 aliphatic rings. The number of hydrogen-bond donors (Lipinski definition) is 0. The normalized spacial score (nSPS) is 18.8. The number of ether oxygens (including phenoxy) is 1. The molecular formula is C22H19F9N2O3S. The lowest BCUT2D eigenvalue weighted by molar-refractivity contribution is -0.308. The molecule has 2 aromatic rings. The number of benzene rings is 1. The predicted octanol–water partition coefficient (Wildman–Crippen LogP) is 6.62. The minimum absolute atomic E-state index is 0.0647. The second kappa shape index (κ2) is 9.24. The largest absolute Gasteiger partial charge is 0.434 e. The summed E-state index contributed by atoms with van der Waals surface area (Å²) in [6.45, 7) is -0.237. The fraction of sp³-hybridized carbons (Fsp3) is 0.545. The number of piperidine rings is 1. The lowest BCUT2D eigenvalue weighted by Gasteiger charge is -2.44. The molecule has 0 atom stereocenters. The highest BCUT2D eigenvalue weighted by atomic mass is 32.1. The first kappa shape index (κ1) is 27.3. The van der Waals surface area contributed by atoms with Crippen molar-refractivity contribution in [2.75, 3.05) is 19.6 Å². The van der Waals surface area contributed by atoms with Gasteiger partial charge in [-0.1, -0.05) is 12.1 Å². The highest BCUT2D eigenvalue weighted by Gasteiger charge is 2.60. The molecule has 204 valence electrons. The van der Waals surface area contributed by atoms with Crippen LogP contribution in [0.1, 0.15) is 40.9 Å². The van der Waals surface area contributed by atoms with Gasteiger partial charge < -0.3 is 14.5 Å². The molecule has 1 aromatic carbocycles. The Hall–Kier alpha value is -2.71. The quantitative estimate of drug-likeness (QED) is 0.387. The van der Waals surface area contributed by atoms with Gasteiger partial charge in [0.15, 0.2) is 0 Å². The minimum atomic E-state index is -5.84. The smallest absolute Gasteiger partial charge is 0.426 e. The van der Waals surface area contributed by atoms with Crippen molar-refractivity contribution < 1.29 is 53.8 Å². The summed E-state index contributed by atoms with van der Waals surface area (Å²) >= 11 is 0.701. The average molecular weight is 562 g/mol. The first-order chi connectivity index (χ1) is 17.0. The van der Waals surface area contributed by atoms with Crippen LogP contribution in [0.25, 0.3) is 10.1 Å². The lowest BCUT2D eigenvalue weighted by atomic mass is 9.85. The first-order valence-corrected chi connectivity index (χ1v) is 11.9. The summed E-state index contributed by atoms with van der Waals surface area (Å²) in [5.74, 6) is -0.517. The molecule has 2 amide bonds. The Morgan fingerprint density at radius 1 is 0.919 bits per heavy atom. The Balaban J connectivity index is 1.49. The molecule has 2 aliphatic heterocycles. The monoisotopic (exact) mass is 562 g/mol. The van der Waals surface area contributed by atoms with E-state index >= 15 is 0 Å². The lowest BCUT2D eigenvalue weighted by Crippen LogP contribution is -2.56. The number of nitrogens with zero attached hydrogens (tertiary/aromatic N) is 2. The standard InChI is InChI=1S/C22H19F9N2O3S/c23-20(24,25)13-4-1-3-12-11-14(37-15(12)13)16(34)33-8-2-5-19(33)6-9-32(10-7-19)18(35)36-17(21(26,27)28)22(29,30)31/h1,3-4,11,17H,2,5-10H2. The van der Waals surface area contributed by atoms with E-state index in [2.05, 4.69) is 4.74 Å².